The van der Waals surface area contributed by atoms with Gasteiger partial charge in [-0.3, -0.25) is 19.2 Å². The molecule has 7 heteroatoms. The smallest absolute Gasteiger partial charge is 0.305 e. The Morgan fingerprint density at radius 2 is 1.48 bits per heavy atom. The van der Waals surface area contributed by atoms with Crippen molar-refractivity contribution in [3.8, 4) is 0 Å². The summed E-state index contributed by atoms with van der Waals surface area (Å²) in [7, 11) is 0. The van der Waals surface area contributed by atoms with Crippen LogP contribution >= 0.6 is 0 Å². The van der Waals surface area contributed by atoms with E-state index < -0.39 is 23.7 Å². The second kappa shape index (κ2) is 6.56. The van der Waals surface area contributed by atoms with Gasteiger partial charge >= 0.3 is 5.97 Å². The SMILES string of the molecule is O=C(O)CCNC(=O)c1ccc(N2C(=O)c3ccccc3C2=O)cc1. The highest BCUT2D eigenvalue weighted by atomic mass is 16.4. The molecule has 0 bridgehead atoms. The molecule has 0 fully saturated rings. The van der Waals surface area contributed by atoms with E-state index >= 15 is 0 Å². The van der Waals surface area contributed by atoms with E-state index in [1.165, 1.54) is 24.3 Å². The highest BCUT2D eigenvalue weighted by Gasteiger charge is 2.36. The Morgan fingerprint density at radius 3 is 2.00 bits per heavy atom. The van der Waals surface area contributed by atoms with Gasteiger partial charge < -0.3 is 10.4 Å². The van der Waals surface area contributed by atoms with E-state index in [-0.39, 0.29) is 13.0 Å². The van der Waals surface area contributed by atoms with Gasteiger partial charge in [-0.25, -0.2) is 4.90 Å². The molecule has 0 aliphatic carbocycles. The number of nitrogens with zero attached hydrogens (tertiary/aromatic N) is 1. The quantitative estimate of drug-likeness (QED) is 0.808. The number of carbonyl (C=O) groups excluding carboxylic acids is 3. The molecular formula is C18H14N2O5. The van der Waals surface area contributed by atoms with Crippen molar-refractivity contribution < 1.29 is 24.3 Å². The predicted molar refractivity (Wildman–Crippen MR) is 88.6 cm³/mol. The minimum Gasteiger partial charge on any atom is -0.481 e. The van der Waals surface area contributed by atoms with Crippen LogP contribution in [0.5, 0.6) is 0 Å². The van der Waals surface area contributed by atoms with Crippen LogP contribution in [0.15, 0.2) is 48.5 Å². The van der Waals surface area contributed by atoms with Crippen molar-refractivity contribution >= 4 is 29.4 Å². The second-order valence-corrected chi connectivity index (χ2v) is 5.44. The monoisotopic (exact) mass is 338 g/mol. The molecule has 3 amide bonds. The first-order valence-electron chi connectivity index (χ1n) is 7.57. The average molecular weight is 338 g/mol. The molecule has 126 valence electrons. The van der Waals surface area contributed by atoms with Gasteiger partial charge in [0.15, 0.2) is 0 Å². The van der Waals surface area contributed by atoms with Crippen LogP contribution in [0.25, 0.3) is 0 Å². The van der Waals surface area contributed by atoms with Gasteiger partial charge in [0.1, 0.15) is 0 Å². The summed E-state index contributed by atoms with van der Waals surface area (Å²) in [5.74, 6) is -2.23. The van der Waals surface area contributed by atoms with Crippen molar-refractivity contribution in [1.82, 2.24) is 5.32 Å². The van der Waals surface area contributed by atoms with Gasteiger partial charge in [-0.15, -0.1) is 0 Å². The van der Waals surface area contributed by atoms with Crippen molar-refractivity contribution in [2.24, 2.45) is 0 Å². The predicted octanol–water partition coefficient (Wildman–Crippen LogP) is 1.69. The summed E-state index contributed by atoms with van der Waals surface area (Å²) < 4.78 is 0. The number of fused-ring (bicyclic) bond motifs is 1. The number of anilines is 1. The average Bonchev–Trinajstić information content (AvgIpc) is 2.86. The van der Waals surface area contributed by atoms with Gasteiger partial charge in [-0.1, -0.05) is 12.1 Å². The number of carbonyl (C=O) groups is 4. The lowest BCUT2D eigenvalue weighted by Crippen LogP contribution is -2.29. The molecule has 1 aliphatic heterocycles. The minimum absolute atomic E-state index is 0.0221. The fourth-order valence-corrected chi connectivity index (χ4v) is 2.57. The molecule has 2 aromatic carbocycles. The van der Waals surface area contributed by atoms with E-state index in [2.05, 4.69) is 5.32 Å². The fraction of sp³-hybridized carbons (Fsp3) is 0.111. The Morgan fingerprint density at radius 1 is 0.920 bits per heavy atom. The highest BCUT2D eigenvalue weighted by Crippen LogP contribution is 2.28. The third kappa shape index (κ3) is 3.12. The van der Waals surface area contributed by atoms with Crippen molar-refractivity contribution in [3.05, 3.63) is 65.2 Å². The number of benzene rings is 2. The molecule has 2 N–H and O–H groups in total. The Labute approximate surface area is 142 Å². The van der Waals surface area contributed by atoms with Crippen LogP contribution in [-0.4, -0.2) is 35.3 Å². The lowest BCUT2D eigenvalue weighted by Gasteiger charge is -2.14. The molecule has 1 heterocycles. The maximum atomic E-state index is 12.4. The van der Waals surface area contributed by atoms with Gasteiger partial charge in [0.05, 0.1) is 23.2 Å². The summed E-state index contributed by atoms with van der Waals surface area (Å²) in [6.45, 7) is 0.0221. The van der Waals surface area contributed by atoms with Crippen molar-refractivity contribution in [2.45, 2.75) is 6.42 Å². The zero-order valence-corrected chi connectivity index (χ0v) is 13.1. The summed E-state index contributed by atoms with van der Waals surface area (Å²) in [5, 5.41) is 11.0. The van der Waals surface area contributed by atoms with E-state index in [0.29, 0.717) is 22.4 Å². The van der Waals surface area contributed by atoms with Gasteiger partial charge in [-0.05, 0) is 36.4 Å². The zero-order valence-electron chi connectivity index (χ0n) is 13.1. The number of carboxylic acid groups (broad SMARTS) is 1. The van der Waals surface area contributed by atoms with Gasteiger partial charge in [0, 0.05) is 12.1 Å². The number of aliphatic carboxylic acids is 1. The molecule has 0 aromatic heterocycles. The molecule has 0 unspecified atom stereocenters. The summed E-state index contributed by atoms with van der Waals surface area (Å²) in [5.41, 5.74) is 1.38. The van der Waals surface area contributed by atoms with Crippen molar-refractivity contribution in [3.63, 3.8) is 0 Å². The van der Waals surface area contributed by atoms with Gasteiger partial charge in [-0.2, -0.15) is 0 Å². The van der Waals surface area contributed by atoms with Crippen LogP contribution < -0.4 is 10.2 Å². The maximum absolute atomic E-state index is 12.4. The fourth-order valence-electron chi connectivity index (χ4n) is 2.57. The van der Waals surface area contributed by atoms with Crippen LogP contribution in [0.2, 0.25) is 0 Å². The van der Waals surface area contributed by atoms with E-state index in [1.807, 2.05) is 0 Å². The van der Waals surface area contributed by atoms with Crippen LogP contribution in [0.4, 0.5) is 5.69 Å². The number of carboxylic acids is 1. The van der Waals surface area contributed by atoms with E-state index in [4.69, 9.17) is 5.11 Å². The topological polar surface area (TPSA) is 104 Å². The maximum Gasteiger partial charge on any atom is 0.305 e. The first kappa shape index (κ1) is 16.4. The third-order valence-electron chi connectivity index (χ3n) is 3.81. The summed E-state index contributed by atoms with van der Waals surface area (Å²) in [4.78, 5) is 48.2. The number of nitrogens with one attached hydrogen (secondary N) is 1. The van der Waals surface area contributed by atoms with Crippen LogP contribution in [0, 0.1) is 0 Å². The number of hydrogen-bond acceptors (Lipinski definition) is 4. The number of imide groups is 1. The molecule has 7 nitrogen and oxygen atoms in total. The Balaban J connectivity index is 1.75. The molecule has 1 aliphatic rings. The number of rotatable bonds is 5. The zero-order chi connectivity index (χ0) is 18.0. The molecule has 0 saturated heterocycles. The molecule has 0 saturated carbocycles. The first-order chi connectivity index (χ1) is 12.0. The molecule has 0 radical (unpaired) electrons. The Hall–Kier alpha value is -3.48. The summed E-state index contributed by atoms with van der Waals surface area (Å²) in [6.07, 6.45) is -0.168. The number of amides is 3. The third-order valence-corrected chi connectivity index (χ3v) is 3.81. The van der Waals surface area contributed by atoms with Crippen molar-refractivity contribution in [1.29, 1.82) is 0 Å². The Kier molecular flexibility index (Phi) is 4.30. The number of hydrogen-bond donors (Lipinski definition) is 2. The van der Waals surface area contributed by atoms with Crippen LogP contribution in [0.3, 0.4) is 0 Å². The lowest BCUT2D eigenvalue weighted by molar-refractivity contribution is -0.136. The molecule has 0 spiro atoms. The molecule has 3 rings (SSSR count). The van der Waals surface area contributed by atoms with Crippen molar-refractivity contribution in [2.75, 3.05) is 11.4 Å². The van der Waals surface area contributed by atoms with E-state index in [0.717, 1.165) is 4.90 Å². The summed E-state index contributed by atoms with van der Waals surface area (Å²) >= 11 is 0. The van der Waals surface area contributed by atoms with Gasteiger partial charge in [0.25, 0.3) is 17.7 Å². The standard InChI is InChI=1S/C18H14N2O5/c21-15(22)9-10-19-16(23)11-5-7-12(8-6-11)20-17(24)13-3-1-2-4-14(13)18(20)25/h1-8H,9-10H2,(H,19,23)(H,21,22). The Bertz CT molecular complexity index is 838. The molecule has 25 heavy (non-hydrogen) atoms. The van der Waals surface area contributed by atoms with Crippen LogP contribution in [-0.2, 0) is 4.79 Å². The van der Waals surface area contributed by atoms with E-state index in [1.54, 1.807) is 24.3 Å². The highest BCUT2D eigenvalue weighted by molar-refractivity contribution is 6.34. The largest absolute Gasteiger partial charge is 0.481 e. The van der Waals surface area contributed by atoms with Gasteiger partial charge in [0.2, 0.25) is 0 Å². The van der Waals surface area contributed by atoms with E-state index in [9.17, 15) is 19.2 Å². The molecule has 0 atom stereocenters. The first-order valence-corrected chi connectivity index (χ1v) is 7.57. The molecule has 2 aromatic rings. The minimum atomic E-state index is -0.999. The van der Waals surface area contributed by atoms with Crippen LogP contribution in [0.1, 0.15) is 37.5 Å². The normalized spacial score (nSPS) is 12.9. The molecular weight excluding hydrogens is 324 g/mol. The summed E-state index contributed by atoms with van der Waals surface area (Å²) in [6, 6.07) is 12.6. The lowest BCUT2D eigenvalue weighted by atomic mass is 10.1. The second-order valence-electron chi connectivity index (χ2n) is 5.44.